The van der Waals surface area contributed by atoms with Crippen LogP contribution >= 0.6 is 0 Å². The quantitative estimate of drug-likeness (QED) is 0.724. The Morgan fingerprint density at radius 3 is 2.50 bits per heavy atom. The zero-order valence-corrected chi connectivity index (χ0v) is 12.6. The van der Waals surface area contributed by atoms with Crippen molar-refractivity contribution in [2.45, 2.75) is 64.5 Å². The van der Waals surface area contributed by atoms with E-state index in [4.69, 9.17) is 5.11 Å². The van der Waals surface area contributed by atoms with Gasteiger partial charge >= 0.3 is 12.0 Å². The number of carbonyl (C=O) groups excluding carboxylic acids is 1. The molecule has 4 atom stereocenters. The Balaban J connectivity index is 1.80. The zero-order valence-electron chi connectivity index (χ0n) is 12.6. The van der Waals surface area contributed by atoms with Gasteiger partial charge < -0.3 is 15.7 Å². The Morgan fingerprint density at radius 1 is 1.30 bits per heavy atom. The largest absolute Gasteiger partial charge is 0.481 e. The van der Waals surface area contributed by atoms with E-state index in [0.717, 1.165) is 11.8 Å². The first kappa shape index (κ1) is 15.1. The maximum Gasteiger partial charge on any atom is 0.315 e. The van der Waals surface area contributed by atoms with E-state index in [2.05, 4.69) is 17.6 Å². The van der Waals surface area contributed by atoms with Gasteiger partial charge in [0.15, 0.2) is 0 Å². The van der Waals surface area contributed by atoms with Crippen LogP contribution in [0.5, 0.6) is 0 Å². The van der Waals surface area contributed by atoms with Gasteiger partial charge in [-0.2, -0.15) is 0 Å². The maximum atomic E-state index is 12.0. The topological polar surface area (TPSA) is 78.4 Å². The minimum Gasteiger partial charge on any atom is -0.481 e. The van der Waals surface area contributed by atoms with Crippen molar-refractivity contribution in [1.29, 1.82) is 0 Å². The van der Waals surface area contributed by atoms with Crippen LogP contribution in [-0.2, 0) is 4.79 Å². The van der Waals surface area contributed by atoms with Crippen molar-refractivity contribution in [3.63, 3.8) is 0 Å². The highest BCUT2D eigenvalue weighted by molar-refractivity contribution is 5.76. The molecule has 0 aromatic rings. The third-order valence-electron chi connectivity index (χ3n) is 4.84. The minimum atomic E-state index is -0.906. The van der Waals surface area contributed by atoms with Crippen molar-refractivity contribution in [2.24, 2.45) is 17.8 Å². The molecule has 2 aliphatic rings. The molecule has 0 aliphatic heterocycles. The van der Waals surface area contributed by atoms with Gasteiger partial charge in [-0.05, 0) is 57.8 Å². The Hall–Kier alpha value is -1.26. The van der Waals surface area contributed by atoms with Gasteiger partial charge in [0.25, 0.3) is 0 Å². The van der Waals surface area contributed by atoms with Crippen LogP contribution in [0.15, 0.2) is 0 Å². The molecule has 0 saturated heterocycles. The van der Waals surface area contributed by atoms with Gasteiger partial charge in [-0.25, -0.2) is 4.79 Å². The number of carbonyl (C=O) groups is 2. The number of aliphatic carboxylic acids is 1. The van der Waals surface area contributed by atoms with Crippen molar-refractivity contribution in [2.75, 3.05) is 0 Å². The summed E-state index contributed by atoms with van der Waals surface area (Å²) in [5.74, 6) is 1.31. The summed E-state index contributed by atoms with van der Waals surface area (Å²) < 4.78 is 0. The van der Waals surface area contributed by atoms with Gasteiger partial charge in [0, 0.05) is 11.6 Å². The minimum absolute atomic E-state index is 0.0804. The van der Waals surface area contributed by atoms with Crippen LogP contribution < -0.4 is 10.6 Å². The van der Waals surface area contributed by atoms with E-state index >= 15 is 0 Å². The van der Waals surface area contributed by atoms with Crippen molar-refractivity contribution < 1.29 is 14.7 Å². The highest BCUT2D eigenvalue weighted by Gasteiger charge is 2.42. The molecule has 2 aliphatic carbocycles. The number of carboxylic acids is 1. The van der Waals surface area contributed by atoms with Crippen molar-refractivity contribution in [3.8, 4) is 0 Å². The molecule has 2 saturated carbocycles. The van der Waals surface area contributed by atoms with E-state index in [0.29, 0.717) is 5.92 Å². The molecule has 2 bridgehead atoms. The van der Waals surface area contributed by atoms with Crippen LogP contribution in [-0.4, -0.2) is 28.7 Å². The first-order chi connectivity index (χ1) is 9.27. The maximum absolute atomic E-state index is 12.0. The lowest BCUT2D eigenvalue weighted by Gasteiger charge is -2.30. The molecular weight excluding hydrogens is 256 g/mol. The predicted octanol–water partition coefficient (Wildman–Crippen LogP) is 2.36. The summed E-state index contributed by atoms with van der Waals surface area (Å²) in [4.78, 5) is 22.7. The Morgan fingerprint density at radius 2 is 2.00 bits per heavy atom. The molecule has 3 N–H and O–H groups in total. The molecule has 114 valence electrons. The first-order valence-corrected chi connectivity index (χ1v) is 7.57. The predicted molar refractivity (Wildman–Crippen MR) is 76.4 cm³/mol. The second kappa shape index (κ2) is 5.62. The highest BCUT2D eigenvalue weighted by atomic mass is 16.4. The second-order valence-corrected chi connectivity index (χ2v) is 7.18. The molecule has 0 aromatic heterocycles. The molecule has 20 heavy (non-hydrogen) atoms. The number of amides is 2. The molecule has 5 heteroatoms. The average Bonchev–Trinajstić information content (AvgIpc) is 2.86. The summed E-state index contributed by atoms with van der Waals surface area (Å²) in [7, 11) is 0. The molecule has 0 radical (unpaired) electrons. The molecule has 0 spiro atoms. The molecule has 0 heterocycles. The van der Waals surface area contributed by atoms with Gasteiger partial charge in [0.1, 0.15) is 0 Å². The first-order valence-electron chi connectivity index (χ1n) is 7.57. The normalized spacial score (nSPS) is 30.1. The van der Waals surface area contributed by atoms with Crippen molar-refractivity contribution >= 4 is 12.0 Å². The summed E-state index contributed by atoms with van der Waals surface area (Å²) in [5.41, 5.74) is -0.732. The van der Waals surface area contributed by atoms with E-state index in [9.17, 15) is 9.59 Å². The third-order valence-corrected chi connectivity index (χ3v) is 4.84. The van der Waals surface area contributed by atoms with E-state index in [1.165, 1.54) is 25.7 Å². The summed E-state index contributed by atoms with van der Waals surface area (Å²) in [6, 6.07) is -0.0996. The van der Waals surface area contributed by atoms with E-state index in [-0.39, 0.29) is 18.5 Å². The van der Waals surface area contributed by atoms with Gasteiger partial charge in [-0.3, -0.25) is 4.79 Å². The van der Waals surface area contributed by atoms with Crippen molar-refractivity contribution in [1.82, 2.24) is 10.6 Å². The van der Waals surface area contributed by atoms with Crippen molar-refractivity contribution in [3.05, 3.63) is 0 Å². The Labute approximate surface area is 120 Å². The van der Waals surface area contributed by atoms with Crippen LogP contribution in [0.2, 0.25) is 0 Å². The van der Waals surface area contributed by atoms with Gasteiger partial charge in [-0.1, -0.05) is 6.42 Å². The monoisotopic (exact) mass is 282 g/mol. The van der Waals surface area contributed by atoms with Gasteiger partial charge in [0.05, 0.1) is 6.42 Å². The molecule has 4 unspecified atom stereocenters. The summed E-state index contributed by atoms with van der Waals surface area (Å²) in [5, 5.41) is 14.6. The van der Waals surface area contributed by atoms with Crippen LogP contribution in [0.4, 0.5) is 4.79 Å². The highest BCUT2D eigenvalue weighted by Crippen LogP contribution is 2.49. The van der Waals surface area contributed by atoms with E-state index in [1.807, 2.05) is 0 Å². The number of carboxylic acid groups (broad SMARTS) is 1. The smallest absolute Gasteiger partial charge is 0.315 e. The second-order valence-electron chi connectivity index (χ2n) is 7.18. The third kappa shape index (κ3) is 3.64. The fourth-order valence-corrected chi connectivity index (χ4v) is 3.99. The molecule has 2 amide bonds. The lowest BCUT2D eigenvalue weighted by atomic mass is 9.84. The van der Waals surface area contributed by atoms with Crippen LogP contribution in [0.3, 0.4) is 0 Å². The number of urea groups is 1. The van der Waals surface area contributed by atoms with E-state index in [1.54, 1.807) is 13.8 Å². The summed E-state index contributed by atoms with van der Waals surface area (Å²) in [6.07, 6.45) is 5.12. The fraction of sp³-hybridized carbons (Fsp3) is 0.867. The molecule has 5 nitrogen and oxygen atoms in total. The van der Waals surface area contributed by atoms with Crippen LogP contribution in [0.1, 0.15) is 52.9 Å². The molecule has 2 fully saturated rings. The number of rotatable bonds is 5. The standard InChI is InChI=1S/C15H26N2O3/c1-9(12-7-10-4-5-11(12)6-10)16-14(20)17-15(2,3)8-13(18)19/h9-12H,4-8H2,1-3H3,(H,18,19)(H2,16,17,20). The number of fused-ring (bicyclic) bond motifs is 2. The zero-order chi connectivity index (χ0) is 14.9. The van der Waals surface area contributed by atoms with E-state index < -0.39 is 11.5 Å². The molecule has 2 rings (SSSR count). The summed E-state index contributed by atoms with van der Waals surface area (Å²) in [6.45, 7) is 5.51. The lowest BCUT2D eigenvalue weighted by molar-refractivity contribution is -0.138. The number of nitrogens with one attached hydrogen (secondary N) is 2. The summed E-state index contributed by atoms with van der Waals surface area (Å²) >= 11 is 0. The Kier molecular flexibility index (Phi) is 4.25. The lowest BCUT2D eigenvalue weighted by Crippen LogP contribution is -2.52. The molecule has 0 aromatic carbocycles. The average molecular weight is 282 g/mol. The Bertz CT molecular complexity index is 395. The fourth-order valence-electron chi connectivity index (χ4n) is 3.99. The number of hydrogen-bond acceptors (Lipinski definition) is 2. The van der Waals surface area contributed by atoms with Gasteiger partial charge in [-0.15, -0.1) is 0 Å². The molecular formula is C15H26N2O3. The van der Waals surface area contributed by atoms with Crippen LogP contribution in [0.25, 0.3) is 0 Å². The van der Waals surface area contributed by atoms with Gasteiger partial charge in [0.2, 0.25) is 0 Å². The SMILES string of the molecule is CC(NC(=O)NC(C)(C)CC(=O)O)C1CC2CCC1C2. The van der Waals surface area contributed by atoms with Crippen LogP contribution in [0, 0.1) is 17.8 Å². The number of hydrogen-bond donors (Lipinski definition) is 3.